The van der Waals surface area contributed by atoms with Crippen LogP contribution in [0.4, 0.5) is 0 Å². The van der Waals surface area contributed by atoms with E-state index in [1.165, 1.54) is 0 Å². The first-order valence-electron chi connectivity index (χ1n) is 7.80. The van der Waals surface area contributed by atoms with Crippen molar-refractivity contribution in [2.45, 2.75) is 6.61 Å². The van der Waals surface area contributed by atoms with Crippen molar-refractivity contribution in [2.24, 2.45) is 0 Å². The molecular weight excluding hydrogens is 336 g/mol. The van der Waals surface area contributed by atoms with E-state index in [9.17, 15) is 0 Å². The van der Waals surface area contributed by atoms with Gasteiger partial charge in [0.2, 0.25) is 0 Å². The first-order chi connectivity index (χ1) is 12.3. The van der Waals surface area contributed by atoms with Crippen LogP contribution in [-0.2, 0) is 11.3 Å². The summed E-state index contributed by atoms with van der Waals surface area (Å²) in [5.74, 6) is 0. The quantitative estimate of drug-likeness (QED) is 0.552. The molecule has 0 amide bonds. The standard InChI is InChI=1S/C19H15ClN4O/c1-25-12-16-18(13-4-2-6-15(20)10-13)19-22-9-7-17(24(19)23-16)14-5-3-8-21-11-14/h2-11H,12H2,1H3. The molecule has 124 valence electrons. The number of hydrogen-bond donors (Lipinski definition) is 0. The van der Waals surface area contributed by atoms with Crippen molar-refractivity contribution in [3.05, 3.63) is 71.8 Å². The number of pyridine rings is 1. The molecule has 3 heterocycles. The molecule has 0 spiro atoms. The molecule has 5 nitrogen and oxygen atoms in total. The molecule has 0 saturated heterocycles. The monoisotopic (exact) mass is 350 g/mol. The van der Waals surface area contributed by atoms with Crippen LogP contribution in [0.5, 0.6) is 0 Å². The molecule has 0 aliphatic heterocycles. The lowest BCUT2D eigenvalue weighted by Crippen LogP contribution is -1.96. The van der Waals surface area contributed by atoms with Gasteiger partial charge in [-0.15, -0.1) is 0 Å². The van der Waals surface area contributed by atoms with E-state index in [-0.39, 0.29) is 0 Å². The fourth-order valence-electron chi connectivity index (χ4n) is 2.90. The lowest BCUT2D eigenvalue weighted by molar-refractivity contribution is 0.181. The maximum Gasteiger partial charge on any atom is 0.163 e. The number of methoxy groups -OCH3 is 1. The van der Waals surface area contributed by atoms with E-state index in [0.29, 0.717) is 11.6 Å². The van der Waals surface area contributed by atoms with E-state index in [4.69, 9.17) is 21.4 Å². The summed E-state index contributed by atoms with van der Waals surface area (Å²) >= 11 is 6.18. The minimum absolute atomic E-state index is 0.387. The predicted molar refractivity (Wildman–Crippen MR) is 97.4 cm³/mol. The van der Waals surface area contributed by atoms with Gasteiger partial charge in [0.05, 0.1) is 23.6 Å². The van der Waals surface area contributed by atoms with Crippen molar-refractivity contribution in [3.8, 4) is 22.4 Å². The van der Waals surface area contributed by atoms with E-state index in [2.05, 4.69) is 9.97 Å². The van der Waals surface area contributed by atoms with Gasteiger partial charge in [0.1, 0.15) is 0 Å². The normalized spacial score (nSPS) is 11.1. The SMILES string of the molecule is COCc1nn2c(-c3cccnc3)ccnc2c1-c1cccc(Cl)c1. The first-order valence-corrected chi connectivity index (χ1v) is 8.17. The predicted octanol–water partition coefficient (Wildman–Crippen LogP) is 4.26. The number of hydrogen-bond acceptors (Lipinski definition) is 4. The highest BCUT2D eigenvalue weighted by Crippen LogP contribution is 2.31. The van der Waals surface area contributed by atoms with Crippen LogP contribution >= 0.6 is 11.6 Å². The lowest BCUT2D eigenvalue weighted by atomic mass is 10.1. The van der Waals surface area contributed by atoms with Gasteiger partial charge in [0.15, 0.2) is 5.65 Å². The van der Waals surface area contributed by atoms with Crippen molar-refractivity contribution in [1.29, 1.82) is 0 Å². The zero-order chi connectivity index (χ0) is 17.2. The van der Waals surface area contributed by atoms with Crippen molar-refractivity contribution < 1.29 is 4.74 Å². The molecule has 0 N–H and O–H groups in total. The van der Waals surface area contributed by atoms with Gasteiger partial charge in [-0.2, -0.15) is 5.10 Å². The van der Waals surface area contributed by atoms with Crippen LogP contribution in [0.2, 0.25) is 5.02 Å². The number of rotatable bonds is 4. The number of fused-ring (bicyclic) bond motifs is 1. The maximum atomic E-state index is 6.18. The molecule has 0 bridgehead atoms. The smallest absolute Gasteiger partial charge is 0.163 e. The fourth-order valence-corrected chi connectivity index (χ4v) is 3.09. The second kappa shape index (κ2) is 6.63. The molecule has 4 rings (SSSR count). The Hall–Kier alpha value is -2.76. The zero-order valence-corrected chi connectivity index (χ0v) is 14.3. The molecule has 0 unspecified atom stereocenters. The molecule has 0 radical (unpaired) electrons. The summed E-state index contributed by atoms with van der Waals surface area (Å²) in [7, 11) is 1.65. The van der Waals surface area contributed by atoms with E-state index in [0.717, 1.165) is 33.7 Å². The van der Waals surface area contributed by atoms with Gasteiger partial charge in [0, 0.05) is 36.3 Å². The van der Waals surface area contributed by atoms with Crippen LogP contribution in [0, 0.1) is 0 Å². The third kappa shape index (κ3) is 2.88. The number of aromatic nitrogens is 4. The number of halogens is 1. The third-order valence-electron chi connectivity index (χ3n) is 3.94. The van der Waals surface area contributed by atoms with E-state index >= 15 is 0 Å². The Balaban J connectivity index is 2.01. The molecule has 0 fully saturated rings. The molecule has 0 aliphatic carbocycles. The zero-order valence-electron chi connectivity index (χ0n) is 13.6. The van der Waals surface area contributed by atoms with Gasteiger partial charge < -0.3 is 4.74 Å². The maximum absolute atomic E-state index is 6.18. The highest BCUT2D eigenvalue weighted by molar-refractivity contribution is 6.30. The number of ether oxygens (including phenoxy) is 1. The molecule has 1 aromatic carbocycles. The van der Waals surface area contributed by atoms with Crippen LogP contribution in [0.15, 0.2) is 61.1 Å². The van der Waals surface area contributed by atoms with Crippen molar-refractivity contribution in [3.63, 3.8) is 0 Å². The highest BCUT2D eigenvalue weighted by atomic mass is 35.5. The van der Waals surface area contributed by atoms with Crippen molar-refractivity contribution in [2.75, 3.05) is 7.11 Å². The van der Waals surface area contributed by atoms with Gasteiger partial charge in [-0.3, -0.25) is 4.98 Å². The summed E-state index contributed by atoms with van der Waals surface area (Å²) in [6.45, 7) is 0.387. The average molecular weight is 351 g/mol. The summed E-state index contributed by atoms with van der Waals surface area (Å²) in [5, 5.41) is 5.41. The molecule has 6 heteroatoms. The highest BCUT2D eigenvalue weighted by Gasteiger charge is 2.18. The van der Waals surface area contributed by atoms with Gasteiger partial charge in [-0.05, 0) is 35.9 Å². The van der Waals surface area contributed by atoms with Crippen LogP contribution in [0.25, 0.3) is 28.0 Å². The van der Waals surface area contributed by atoms with E-state index in [1.807, 2.05) is 53.2 Å². The van der Waals surface area contributed by atoms with Crippen LogP contribution < -0.4 is 0 Å². The van der Waals surface area contributed by atoms with E-state index in [1.54, 1.807) is 19.5 Å². The topological polar surface area (TPSA) is 52.3 Å². The van der Waals surface area contributed by atoms with Gasteiger partial charge in [0.25, 0.3) is 0 Å². The lowest BCUT2D eigenvalue weighted by Gasteiger charge is -2.05. The number of nitrogens with zero attached hydrogens (tertiary/aromatic N) is 4. The Morgan fingerprint density at radius 3 is 2.72 bits per heavy atom. The first kappa shape index (κ1) is 15.7. The Bertz CT molecular complexity index is 1030. The summed E-state index contributed by atoms with van der Waals surface area (Å²) in [6.07, 6.45) is 5.34. The molecule has 0 atom stereocenters. The summed E-state index contributed by atoms with van der Waals surface area (Å²) in [4.78, 5) is 8.76. The van der Waals surface area contributed by atoms with Crippen LogP contribution in [-0.4, -0.2) is 26.7 Å². The Labute approximate surface area is 149 Å². The second-order valence-corrected chi connectivity index (χ2v) is 6.01. The van der Waals surface area contributed by atoms with Gasteiger partial charge in [-0.25, -0.2) is 9.50 Å². The molecule has 3 aromatic heterocycles. The van der Waals surface area contributed by atoms with Crippen LogP contribution in [0.1, 0.15) is 5.69 Å². The van der Waals surface area contributed by atoms with Crippen molar-refractivity contribution >= 4 is 17.2 Å². The Morgan fingerprint density at radius 1 is 1.08 bits per heavy atom. The molecule has 25 heavy (non-hydrogen) atoms. The van der Waals surface area contributed by atoms with E-state index < -0.39 is 0 Å². The Morgan fingerprint density at radius 2 is 1.96 bits per heavy atom. The third-order valence-corrected chi connectivity index (χ3v) is 4.18. The fraction of sp³-hybridized carbons (Fsp3) is 0.105. The van der Waals surface area contributed by atoms with Crippen molar-refractivity contribution in [1.82, 2.24) is 19.6 Å². The second-order valence-electron chi connectivity index (χ2n) is 5.57. The van der Waals surface area contributed by atoms with Gasteiger partial charge in [-0.1, -0.05) is 23.7 Å². The van der Waals surface area contributed by atoms with Gasteiger partial charge >= 0.3 is 0 Å². The minimum Gasteiger partial charge on any atom is -0.378 e. The summed E-state index contributed by atoms with van der Waals surface area (Å²) in [5.41, 5.74) is 5.35. The molecule has 0 aliphatic rings. The largest absolute Gasteiger partial charge is 0.378 e. The molecule has 0 saturated carbocycles. The molecular formula is C19H15ClN4O. The molecule has 4 aromatic rings. The Kier molecular flexibility index (Phi) is 4.17. The number of benzene rings is 1. The summed E-state index contributed by atoms with van der Waals surface area (Å²) in [6, 6.07) is 13.5. The van der Waals surface area contributed by atoms with Crippen LogP contribution in [0.3, 0.4) is 0 Å². The summed E-state index contributed by atoms with van der Waals surface area (Å²) < 4.78 is 7.18. The average Bonchev–Trinajstić information content (AvgIpc) is 3.01. The minimum atomic E-state index is 0.387.